The van der Waals surface area contributed by atoms with Crippen LogP contribution in [-0.2, 0) is 0 Å². The van der Waals surface area contributed by atoms with Crippen molar-refractivity contribution in [1.29, 1.82) is 0 Å². The Bertz CT molecular complexity index is 646. The van der Waals surface area contributed by atoms with E-state index in [9.17, 15) is 9.18 Å². The monoisotopic (exact) mass is 292 g/mol. The Labute approximate surface area is 121 Å². The molecule has 1 aromatic carbocycles. The number of halogens is 1. The number of amides is 1. The van der Waals surface area contributed by atoms with Crippen LogP contribution in [0.15, 0.2) is 24.3 Å². The number of rotatable bonds is 2. The number of piperidine rings is 1. The fraction of sp³-hybridized carbons (Fsp3) is 0.400. The molecule has 1 aliphatic heterocycles. The Kier molecular flexibility index (Phi) is 3.48. The van der Waals surface area contributed by atoms with Crippen LogP contribution >= 0.6 is 11.3 Å². The third-order valence-electron chi connectivity index (χ3n) is 3.83. The average molecular weight is 292 g/mol. The maximum Gasteiger partial charge on any atom is 0.261 e. The number of hydrogen-bond acceptors (Lipinski definition) is 3. The zero-order valence-electron chi connectivity index (χ0n) is 11.3. The quantitative estimate of drug-likeness (QED) is 0.893. The molecule has 106 valence electrons. The Morgan fingerprint density at radius 3 is 2.85 bits per heavy atom. The molecule has 1 amide bonds. The number of nitrogens with one attached hydrogen (secondary N) is 2. The second-order valence-corrected chi connectivity index (χ2v) is 6.64. The van der Waals surface area contributed by atoms with Crippen molar-refractivity contribution in [3.8, 4) is 0 Å². The second-order valence-electron chi connectivity index (χ2n) is 5.56. The van der Waals surface area contributed by atoms with Gasteiger partial charge >= 0.3 is 0 Å². The summed E-state index contributed by atoms with van der Waals surface area (Å²) in [7, 11) is 0. The molecule has 0 spiro atoms. The van der Waals surface area contributed by atoms with Crippen LogP contribution in [0.3, 0.4) is 0 Å². The van der Waals surface area contributed by atoms with Crippen molar-refractivity contribution < 1.29 is 9.18 Å². The molecule has 3 rings (SSSR count). The lowest BCUT2D eigenvalue weighted by Gasteiger charge is -2.34. The van der Waals surface area contributed by atoms with Gasteiger partial charge in [-0.3, -0.25) is 4.79 Å². The van der Waals surface area contributed by atoms with Crippen molar-refractivity contribution >= 4 is 27.3 Å². The molecule has 0 aliphatic carbocycles. The molecular formula is C15H17FN2OS. The van der Waals surface area contributed by atoms with Crippen LogP contribution in [-0.4, -0.2) is 24.5 Å². The molecule has 1 fully saturated rings. The van der Waals surface area contributed by atoms with Crippen molar-refractivity contribution in [2.24, 2.45) is 0 Å². The largest absolute Gasteiger partial charge is 0.346 e. The molecule has 2 aromatic rings. The molecule has 2 N–H and O–H groups in total. The predicted octanol–water partition coefficient (Wildman–Crippen LogP) is 2.91. The van der Waals surface area contributed by atoms with Crippen LogP contribution in [0.4, 0.5) is 4.39 Å². The smallest absolute Gasteiger partial charge is 0.261 e. The lowest BCUT2D eigenvalue weighted by molar-refractivity contribution is 0.0892. The fourth-order valence-corrected chi connectivity index (χ4v) is 3.54. The second kappa shape index (κ2) is 5.14. The molecule has 0 unspecified atom stereocenters. The van der Waals surface area contributed by atoms with Crippen molar-refractivity contribution in [3.63, 3.8) is 0 Å². The van der Waals surface area contributed by atoms with E-state index in [2.05, 4.69) is 17.6 Å². The van der Waals surface area contributed by atoms with Crippen molar-refractivity contribution in [2.45, 2.75) is 25.3 Å². The summed E-state index contributed by atoms with van der Waals surface area (Å²) in [6.45, 7) is 3.93. The zero-order chi connectivity index (χ0) is 14.2. The highest BCUT2D eigenvalue weighted by Gasteiger charge is 2.29. The first-order valence-electron chi connectivity index (χ1n) is 6.78. The first-order valence-corrected chi connectivity index (χ1v) is 7.60. The van der Waals surface area contributed by atoms with Crippen LogP contribution in [0, 0.1) is 5.82 Å². The number of hydrogen-bond donors (Lipinski definition) is 2. The van der Waals surface area contributed by atoms with E-state index < -0.39 is 0 Å². The Morgan fingerprint density at radius 1 is 1.35 bits per heavy atom. The van der Waals surface area contributed by atoms with Gasteiger partial charge in [-0.05, 0) is 56.4 Å². The minimum Gasteiger partial charge on any atom is -0.346 e. The molecule has 0 radical (unpaired) electrons. The number of thiophene rings is 1. The number of benzene rings is 1. The average Bonchev–Trinajstić information content (AvgIpc) is 2.82. The highest BCUT2D eigenvalue weighted by molar-refractivity contribution is 7.20. The number of carbonyl (C=O) groups excluding carboxylic acids is 1. The van der Waals surface area contributed by atoms with Crippen molar-refractivity contribution in [2.75, 3.05) is 13.1 Å². The molecule has 1 aromatic heterocycles. The van der Waals surface area contributed by atoms with Gasteiger partial charge in [-0.2, -0.15) is 0 Å². The van der Waals surface area contributed by atoms with Crippen LogP contribution in [0.1, 0.15) is 29.4 Å². The van der Waals surface area contributed by atoms with Gasteiger partial charge in [0.25, 0.3) is 5.91 Å². The number of carbonyl (C=O) groups is 1. The lowest BCUT2D eigenvalue weighted by Crippen LogP contribution is -2.52. The summed E-state index contributed by atoms with van der Waals surface area (Å²) in [5, 5.41) is 7.33. The van der Waals surface area contributed by atoms with Gasteiger partial charge < -0.3 is 10.6 Å². The summed E-state index contributed by atoms with van der Waals surface area (Å²) in [5.74, 6) is -0.326. The SMILES string of the molecule is CC1(NC(=O)c2cc3ccc(F)cc3s2)CCNCC1. The van der Waals surface area contributed by atoms with E-state index in [-0.39, 0.29) is 17.3 Å². The molecule has 1 aliphatic rings. The highest BCUT2D eigenvalue weighted by Crippen LogP contribution is 2.27. The van der Waals surface area contributed by atoms with Crippen LogP contribution in [0.5, 0.6) is 0 Å². The summed E-state index contributed by atoms with van der Waals surface area (Å²) in [6.07, 6.45) is 1.86. The van der Waals surface area contributed by atoms with Crippen LogP contribution in [0.2, 0.25) is 0 Å². The summed E-state index contributed by atoms with van der Waals surface area (Å²) < 4.78 is 14.0. The third kappa shape index (κ3) is 2.69. The van der Waals surface area contributed by atoms with Crippen molar-refractivity contribution in [3.05, 3.63) is 35.0 Å². The lowest BCUT2D eigenvalue weighted by atomic mass is 9.90. The Balaban J connectivity index is 1.81. The van der Waals surface area contributed by atoms with Gasteiger partial charge in [-0.1, -0.05) is 6.07 Å². The molecule has 5 heteroatoms. The zero-order valence-corrected chi connectivity index (χ0v) is 12.1. The van der Waals surface area contributed by atoms with Crippen LogP contribution < -0.4 is 10.6 Å². The van der Waals surface area contributed by atoms with E-state index in [1.54, 1.807) is 6.07 Å². The van der Waals surface area contributed by atoms with E-state index in [1.165, 1.54) is 23.5 Å². The topological polar surface area (TPSA) is 41.1 Å². The van der Waals surface area contributed by atoms with E-state index >= 15 is 0 Å². The normalized spacial score (nSPS) is 18.1. The molecule has 0 saturated carbocycles. The summed E-state index contributed by atoms with van der Waals surface area (Å²) >= 11 is 1.34. The molecule has 0 atom stereocenters. The van der Waals surface area contributed by atoms with E-state index in [1.807, 2.05) is 6.07 Å². The van der Waals surface area contributed by atoms with Crippen molar-refractivity contribution in [1.82, 2.24) is 10.6 Å². The summed E-state index contributed by atoms with van der Waals surface area (Å²) in [4.78, 5) is 13.0. The molecule has 0 bridgehead atoms. The first-order chi connectivity index (χ1) is 9.56. The van der Waals surface area contributed by atoms with Gasteiger partial charge in [0.15, 0.2) is 0 Å². The maximum absolute atomic E-state index is 13.2. The standard InChI is InChI=1S/C15H17FN2OS/c1-15(4-6-17-7-5-15)18-14(19)13-8-10-2-3-11(16)9-12(10)20-13/h2-3,8-9,17H,4-7H2,1H3,(H,18,19). The molecule has 2 heterocycles. The third-order valence-corrected chi connectivity index (χ3v) is 4.92. The number of fused-ring (bicyclic) bond motifs is 1. The summed E-state index contributed by atoms with van der Waals surface area (Å²) in [5.41, 5.74) is -0.149. The van der Waals surface area contributed by atoms with Gasteiger partial charge in [-0.15, -0.1) is 11.3 Å². The van der Waals surface area contributed by atoms with E-state index in [4.69, 9.17) is 0 Å². The van der Waals surface area contributed by atoms with Gasteiger partial charge in [0.05, 0.1) is 4.88 Å². The maximum atomic E-state index is 13.2. The Morgan fingerprint density at radius 2 is 2.10 bits per heavy atom. The van der Waals surface area contributed by atoms with Gasteiger partial charge in [-0.25, -0.2) is 4.39 Å². The van der Waals surface area contributed by atoms with Gasteiger partial charge in [0, 0.05) is 10.2 Å². The molecule has 3 nitrogen and oxygen atoms in total. The first kappa shape index (κ1) is 13.5. The highest BCUT2D eigenvalue weighted by atomic mass is 32.1. The fourth-order valence-electron chi connectivity index (χ4n) is 2.56. The van der Waals surface area contributed by atoms with E-state index in [0.29, 0.717) is 4.88 Å². The molecule has 20 heavy (non-hydrogen) atoms. The van der Waals surface area contributed by atoms with Gasteiger partial charge in [0.2, 0.25) is 0 Å². The van der Waals surface area contributed by atoms with Crippen LogP contribution in [0.25, 0.3) is 10.1 Å². The predicted molar refractivity (Wildman–Crippen MR) is 79.8 cm³/mol. The van der Waals surface area contributed by atoms with E-state index in [0.717, 1.165) is 36.0 Å². The minimum atomic E-state index is -0.267. The minimum absolute atomic E-state index is 0.0593. The summed E-state index contributed by atoms with van der Waals surface area (Å²) in [6, 6.07) is 6.44. The molecule has 1 saturated heterocycles. The molecular weight excluding hydrogens is 275 g/mol. The Hall–Kier alpha value is -1.46. The van der Waals surface area contributed by atoms with Gasteiger partial charge in [0.1, 0.15) is 5.82 Å².